The predicted octanol–water partition coefficient (Wildman–Crippen LogP) is 1.38. The van der Waals surface area contributed by atoms with Crippen molar-refractivity contribution in [2.75, 3.05) is 31.2 Å². The number of rotatable bonds is 4. The Morgan fingerprint density at radius 3 is 2.69 bits per heavy atom. The van der Waals surface area contributed by atoms with Crippen LogP contribution in [0.5, 0.6) is 0 Å². The molecule has 1 atom stereocenters. The molecule has 0 radical (unpaired) electrons. The largest absolute Gasteiger partial charge is 0.379 e. The summed E-state index contributed by atoms with van der Waals surface area (Å²) in [5, 5.41) is 0. The van der Waals surface area contributed by atoms with Gasteiger partial charge in [-0.2, -0.15) is 0 Å². The van der Waals surface area contributed by atoms with Crippen LogP contribution in [0, 0.1) is 5.82 Å². The van der Waals surface area contributed by atoms with Gasteiger partial charge in [0.1, 0.15) is 5.82 Å². The maximum Gasteiger partial charge on any atom is 0.123 e. The van der Waals surface area contributed by atoms with Gasteiger partial charge in [-0.25, -0.2) is 4.39 Å². The molecule has 4 heteroatoms. The molecule has 1 fully saturated rings. The van der Waals surface area contributed by atoms with Crippen molar-refractivity contribution in [3.63, 3.8) is 0 Å². The van der Waals surface area contributed by atoms with Crippen LogP contribution in [0.2, 0.25) is 0 Å². The van der Waals surface area contributed by atoms with Gasteiger partial charge in [0.15, 0.2) is 0 Å². The van der Waals surface area contributed by atoms with Crippen molar-refractivity contribution in [2.45, 2.75) is 12.5 Å². The first kappa shape index (κ1) is 11.4. The second-order valence-corrected chi connectivity index (χ2v) is 3.98. The van der Waals surface area contributed by atoms with E-state index < -0.39 is 0 Å². The quantitative estimate of drug-likeness (QED) is 0.839. The van der Waals surface area contributed by atoms with E-state index in [1.54, 1.807) is 12.1 Å². The summed E-state index contributed by atoms with van der Waals surface area (Å²) in [5.74, 6) is -0.209. The molecule has 2 N–H and O–H groups in total. The van der Waals surface area contributed by atoms with Gasteiger partial charge < -0.3 is 15.4 Å². The molecule has 0 bridgehead atoms. The number of nitrogens with two attached hydrogens (primary N) is 1. The zero-order valence-corrected chi connectivity index (χ0v) is 9.23. The lowest BCUT2D eigenvalue weighted by Crippen LogP contribution is -2.39. The molecule has 1 aromatic carbocycles. The summed E-state index contributed by atoms with van der Waals surface area (Å²) < 4.78 is 18.2. The van der Waals surface area contributed by atoms with Gasteiger partial charge in [0.05, 0.1) is 12.6 Å². The van der Waals surface area contributed by atoms with Gasteiger partial charge in [0.25, 0.3) is 0 Å². The van der Waals surface area contributed by atoms with Gasteiger partial charge >= 0.3 is 0 Å². The monoisotopic (exact) mass is 224 g/mol. The summed E-state index contributed by atoms with van der Waals surface area (Å²) in [5.41, 5.74) is 6.62. The average Bonchev–Trinajstić information content (AvgIpc) is 2.81. The van der Waals surface area contributed by atoms with Gasteiger partial charge in [-0.05, 0) is 30.7 Å². The van der Waals surface area contributed by atoms with Crippen molar-refractivity contribution in [1.29, 1.82) is 0 Å². The second kappa shape index (κ2) is 5.27. The third kappa shape index (κ3) is 2.51. The SMILES string of the molecule is NCCN(c1ccc(F)cc1)C1CCOC1. The molecule has 2 rings (SSSR count). The van der Waals surface area contributed by atoms with Crippen LogP contribution >= 0.6 is 0 Å². The van der Waals surface area contributed by atoms with Crippen molar-refractivity contribution in [3.8, 4) is 0 Å². The Kier molecular flexibility index (Phi) is 3.74. The zero-order chi connectivity index (χ0) is 11.4. The van der Waals surface area contributed by atoms with Gasteiger partial charge in [-0.3, -0.25) is 0 Å². The van der Waals surface area contributed by atoms with Crippen LogP contribution in [-0.4, -0.2) is 32.3 Å². The first-order chi connectivity index (χ1) is 7.81. The van der Waals surface area contributed by atoms with E-state index in [-0.39, 0.29) is 5.82 Å². The summed E-state index contributed by atoms with van der Waals surface area (Å²) in [6.07, 6.45) is 1.01. The van der Waals surface area contributed by atoms with Crippen molar-refractivity contribution in [3.05, 3.63) is 30.1 Å². The number of hydrogen-bond acceptors (Lipinski definition) is 3. The Labute approximate surface area is 95.0 Å². The zero-order valence-electron chi connectivity index (χ0n) is 9.23. The molecule has 0 spiro atoms. The Morgan fingerprint density at radius 2 is 2.12 bits per heavy atom. The van der Waals surface area contributed by atoms with Crippen LogP contribution in [0.4, 0.5) is 10.1 Å². The Morgan fingerprint density at radius 1 is 1.38 bits per heavy atom. The molecule has 0 saturated carbocycles. The Balaban J connectivity index is 2.14. The molecular formula is C12H17FN2O. The van der Waals surface area contributed by atoms with Gasteiger partial charge in [-0.1, -0.05) is 0 Å². The molecule has 1 unspecified atom stereocenters. The average molecular weight is 224 g/mol. The molecule has 1 aliphatic heterocycles. The highest BCUT2D eigenvalue weighted by Crippen LogP contribution is 2.21. The van der Waals surface area contributed by atoms with Crippen molar-refractivity contribution >= 4 is 5.69 Å². The maximum absolute atomic E-state index is 12.8. The molecule has 0 aliphatic carbocycles. The lowest BCUT2D eigenvalue weighted by Gasteiger charge is -2.29. The summed E-state index contributed by atoms with van der Waals surface area (Å²) >= 11 is 0. The Hall–Kier alpha value is -1.13. The van der Waals surface area contributed by atoms with E-state index in [4.69, 9.17) is 10.5 Å². The molecule has 1 aliphatic rings. The van der Waals surface area contributed by atoms with Crippen molar-refractivity contribution in [1.82, 2.24) is 0 Å². The highest BCUT2D eigenvalue weighted by atomic mass is 19.1. The number of hydrogen-bond donors (Lipinski definition) is 1. The highest BCUT2D eigenvalue weighted by molar-refractivity contribution is 5.47. The lowest BCUT2D eigenvalue weighted by molar-refractivity contribution is 0.193. The van der Waals surface area contributed by atoms with E-state index in [1.807, 2.05) is 0 Å². The van der Waals surface area contributed by atoms with Crippen LogP contribution in [0.3, 0.4) is 0 Å². The molecule has 3 nitrogen and oxygen atoms in total. The molecule has 1 saturated heterocycles. The maximum atomic E-state index is 12.8. The van der Waals surface area contributed by atoms with Crippen molar-refractivity contribution in [2.24, 2.45) is 5.73 Å². The van der Waals surface area contributed by atoms with E-state index in [2.05, 4.69) is 4.90 Å². The fourth-order valence-corrected chi connectivity index (χ4v) is 2.06. The fraction of sp³-hybridized carbons (Fsp3) is 0.500. The molecule has 88 valence electrons. The van der Waals surface area contributed by atoms with E-state index in [0.717, 1.165) is 31.9 Å². The highest BCUT2D eigenvalue weighted by Gasteiger charge is 2.22. The third-order valence-corrected chi connectivity index (χ3v) is 2.87. The number of anilines is 1. The first-order valence-electron chi connectivity index (χ1n) is 5.61. The molecule has 1 aromatic rings. The normalized spacial score (nSPS) is 20.0. The van der Waals surface area contributed by atoms with E-state index in [9.17, 15) is 4.39 Å². The smallest absolute Gasteiger partial charge is 0.123 e. The topological polar surface area (TPSA) is 38.5 Å². The first-order valence-corrected chi connectivity index (χ1v) is 5.61. The lowest BCUT2D eigenvalue weighted by atomic mass is 10.2. The molecule has 1 heterocycles. The molecule has 0 amide bonds. The van der Waals surface area contributed by atoms with Gasteiger partial charge in [-0.15, -0.1) is 0 Å². The number of nitrogens with zero attached hydrogens (tertiary/aromatic N) is 1. The van der Waals surface area contributed by atoms with Crippen molar-refractivity contribution < 1.29 is 9.13 Å². The number of benzene rings is 1. The summed E-state index contributed by atoms with van der Waals surface area (Å²) in [4.78, 5) is 2.20. The van der Waals surface area contributed by atoms with Crippen LogP contribution < -0.4 is 10.6 Å². The summed E-state index contributed by atoms with van der Waals surface area (Å²) in [6, 6.07) is 6.92. The molecule has 16 heavy (non-hydrogen) atoms. The minimum atomic E-state index is -0.209. The number of halogens is 1. The fourth-order valence-electron chi connectivity index (χ4n) is 2.06. The van der Waals surface area contributed by atoms with Gasteiger partial charge in [0.2, 0.25) is 0 Å². The standard InChI is InChI=1S/C12H17FN2O/c13-10-1-3-11(4-2-10)15(7-6-14)12-5-8-16-9-12/h1-4,12H,5-9,14H2. The second-order valence-electron chi connectivity index (χ2n) is 3.98. The Bertz CT molecular complexity index is 322. The van der Waals surface area contributed by atoms with E-state index in [0.29, 0.717) is 12.6 Å². The van der Waals surface area contributed by atoms with Crippen LogP contribution in [-0.2, 0) is 4.74 Å². The molecule has 0 aromatic heterocycles. The number of ether oxygens (including phenoxy) is 1. The minimum Gasteiger partial charge on any atom is -0.379 e. The molecular weight excluding hydrogens is 207 g/mol. The van der Waals surface area contributed by atoms with Crippen LogP contribution in [0.1, 0.15) is 6.42 Å². The van der Waals surface area contributed by atoms with Gasteiger partial charge in [0, 0.05) is 25.4 Å². The third-order valence-electron chi connectivity index (χ3n) is 2.87. The van der Waals surface area contributed by atoms with Crippen LogP contribution in [0.25, 0.3) is 0 Å². The minimum absolute atomic E-state index is 0.209. The summed E-state index contributed by atoms with van der Waals surface area (Å²) in [7, 11) is 0. The summed E-state index contributed by atoms with van der Waals surface area (Å²) in [6.45, 7) is 2.90. The van der Waals surface area contributed by atoms with E-state index in [1.165, 1.54) is 12.1 Å². The predicted molar refractivity (Wildman–Crippen MR) is 62.0 cm³/mol. The van der Waals surface area contributed by atoms with E-state index >= 15 is 0 Å². The van der Waals surface area contributed by atoms with Crippen LogP contribution in [0.15, 0.2) is 24.3 Å².